The lowest BCUT2D eigenvalue weighted by molar-refractivity contribution is -0.0664. The van der Waals surface area contributed by atoms with Gasteiger partial charge in [-0.1, -0.05) is 13.8 Å². The lowest BCUT2D eigenvalue weighted by Gasteiger charge is -2.56. The van der Waals surface area contributed by atoms with Crippen molar-refractivity contribution < 1.29 is 0 Å². The highest BCUT2D eigenvalue weighted by Crippen LogP contribution is 2.44. The van der Waals surface area contributed by atoms with Crippen LogP contribution in [0.15, 0.2) is 6.33 Å². The van der Waals surface area contributed by atoms with E-state index in [0.717, 1.165) is 18.9 Å². The number of hydrogen-bond donors (Lipinski definition) is 0. The van der Waals surface area contributed by atoms with Crippen LogP contribution in [0.5, 0.6) is 0 Å². The second-order valence-corrected chi connectivity index (χ2v) is 7.75. The summed E-state index contributed by atoms with van der Waals surface area (Å²) < 4.78 is 2.15. The van der Waals surface area contributed by atoms with Crippen molar-refractivity contribution in [3.8, 4) is 0 Å². The van der Waals surface area contributed by atoms with Crippen LogP contribution in [0.3, 0.4) is 0 Å². The van der Waals surface area contributed by atoms with E-state index in [-0.39, 0.29) is 0 Å². The minimum atomic E-state index is 0.447. The summed E-state index contributed by atoms with van der Waals surface area (Å²) >= 11 is 0. The van der Waals surface area contributed by atoms with Crippen molar-refractivity contribution >= 4 is 0 Å². The molecule has 5 nitrogen and oxygen atoms in total. The van der Waals surface area contributed by atoms with Crippen molar-refractivity contribution in [2.45, 2.75) is 33.7 Å². The molecule has 0 aliphatic carbocycles. The van der Waals surface area contributed by atoms with Gasteiger partial charge in [-0.05, 0) is 31.2 Å². The Hall–Kier alpha value is -0.940. The normalized spacial score (nSPS) is 35.4. The first-order valence-electron chi connectivity index (χ1n) is 7.63. The van der Waals surface area contributed by atoms with Crippen LogP contribution < -0.4 is 0 Å². The van der Waals surface area contributed by atoms with Gasteiger partial charge in [-0.3, -0.25) is 0 Å². The van der Waals surface area contributed by atoms with Gasteiger partial charge in [0.05, 0.1) is 0 Å². The molecule has 0 N–H and O–H groups in total. The summed E-state index contributed by atoms with van der Waals surface area (Å²) in [5, 5.41) is 8.03. The largest absolute Gasteiger partial charge is 0.317 e. The zero-order valence-electron chi connectivity index (χ0n) is 13.3. The van der Waals surface area contributed by atoms with E-state index in [1.807, 2.05) is 13.3 Å². The molecule has 5 heteroatoms. The maximum Gasteiger partial charge on any atom is 0.129 e. The smallest absolute Gasteiger partial charge is 0.129 e. The molecule has 20 heavy (non-hydrogen) atoms. The van der Waals surface area contributed by atoms with Crippen molar-refractivity contribution in [1.82, 2.24) is 24.6 Å². The summed E-state index contributed by atoms with van der Waals surface area (Å²) in [7, 11) is 2.27. The molecule has 3 rings (SSSR count). The molecule has 2 aliphatic rings. The van der Waals surface area contributed by atoms with Gasteiger partial charge in [-0.15, -0.1) is 10.2 Å². The van der Waals surface area contributed by atoms with Gasteiger partial charge in [0.25, 0.3) is 0 Å². The van der Waals surface area contributed by atoms with Gasteiger partial charge in [0.2, 0.25) is 0 Å². The molecule has 2 unspecified atom stereocenters. The molecule has 0 saturated carbocycles. The minimum Gasteiger partial charge on any atom is -0.317 e. The quantitative estimate of drug-likeness (QED) is 0.833. The third-order valence-electron chi connectivity index (χ3n) is 4.83. The van der Waals surface area contributed by atoms with E-state index in [2.05, 4.69) is 45.5 Å². The highest BCUT2D eigenvalue weighted by atomic mass is 15.3. The summed E-state index contributed by atoms with van der Waals surface area (Å²) in [5.74, 6) is 1.01. The van der Waals surface area contributed by atoms with Crippen LogP contribution in [-0.4, -0.2) is 64.3 Å². The molecule has 2 bridgehead atoms. The molecule has 2 fully saturated rings. The van der Waals surface area contributed by atoms with Crippen molar-refractivity contribution in [2.75, 3.05) is 39.8 Å². The number of piperidine rings is 2. The van der Waals surface area contributed by atoms with Crippen LogP contribution >= 0.6 is 0 Å². The summed E-state index contributed by atoms with van der Waals surface area (Å²) in [6, 6.07) is 0. The molecule has 1 aromatic rings. The van der Waals surface area contributed by atoms with E-state index in [4.69, 9.17) is 0 Å². The number of hydrogen-bond acceptors (Lipinski definition) is 4. The Balaban J connectivity index is 1.66. The van der Waals surface area contributed by atoms with Gasteiger partial charge in [0, 0.05) is 39.3 Å². The summed E-state index contributed by atoms with van der Waals surface area (Å²) in [6.45, 7) is 13.9. The van der Waals surface area contributed by atoms with E-state index in [0.29, 0.717) is 10.8 Å². The fraction of sp³-hybridized carbons (Fsp3) is 0.867. The van der Waals surface area contributed by atoms with Gasteiger partial charge in [-0.2, -0.15) is 0 Å². The Morgan fingerprint density at radius 1 is 1.10 bits per heavy atom. The zero-order valence-corrected chi connectivity index (χ0v) is 13.3. The van der Waals surface area contributed by atoms with E-state index < -0.39 is 0 Å². The average Bonchev–Trinajstić information content (AvgIpc) is 2.68. The highest BCUT2D eigenvalue weighted by molar-refractivity contribution is 5.00. The van der Waals surface area contributed by atoms with Gasteiger partial charge in [0.1, 0.15) is 12.2 Å². The fourth-order valence-electron chi connectivity index (χ4n) is 4.79. The first-order chi connectivity index (χ1) is 9.38. The minimum absolute atomic E-state index is 0.447. The van der Waals surface area contributed by atoms with Crippen molar-refractivity contribution in [3.63, 3.8) is 0 Å². The number of likely N-dealkylation sites (tertiary alicyclic amines) is 2. The van der Waals surface area contributed by atoms with Crippen molar-refractivity contribution in [3.05, 3.63) is 12.2 Å². The molecule has 0 amide bonds. The van der Waals surface area contributed by atoms with Crippen molar-refractivity contribution in [2.24, 2.45) is 10.8 Å². The van der Waals surface area contributed by atoms with E-state index >= 15 is 0 Å². The third kappa shape index (κ3) is 2.74. The Bertz CT molecular complexity index is 464. The number of aromatic nitrogens is 3. The first-order valence-corrected chi connectivity index (χ1v) is 7.63. The van der Waals surface area contributed by atoms with Gasteiger partial charge in [0.15, 0.2) is 0 Å². The fourth-order valence-corrected chi connectivity index (χ4v) is 4.79. The van der Waals surface area contributed by atoms with Crippen LogP contribution in [0.4, 0.5) is 0 Å². The molecular weight excluding hydrogens is 250 g/mol. The van der Waals surface area contributed by atoms with Crippen LogP contribution in [0.25, 0.3) is 0 Å². The van der Waals surface area contributed by atoms with Gasteiger partial charge < -0.3 is 14.4 Å². The molecular formula is C15H27N5. The predicted octanol–water partition coefficient (Wildman–Crippen LogP) is 1.25. The van der Waals surface area contributed by atoms with E-state index in [1.165, 1.54) is 32.6 Å². The molecule has 2 atom stereocenters. The maximum absolute atomic E-state index is 4.06. The number of rotatable bonds is 3. The van der Waals surface area contributed by atoms with E-state index in [9.17, 15) is 0 Å². The molecule has 0 spiro atoms. The van der Waals surface area contributed by atoms with Gasteiger partial charge in [-0.25, -0.2) is 0 Å². The van der Waals surface area contributed by atoms with Crippen LogP contribution in [0, 0.1) is 17.8 Å². The third-order valence-corrected chi connectivity index (χ3v) is 4.83. The molecule has 0 radical (unpaired) electrons. The summed E-state index contributed by atoms with van der Waals surface area (Å²) in [5.41, 5.74) is 0.893. The Kier molecular flexibility index (Phi) is 3.37. The maximum atomic E-state index is 4.06. The zero-order chi connectivity index (χ0) is 14.4. The lowest BCUT2D eigenvalue weighted by atomic mass is 9.65. The molecule has 112 valence electrons. The molecule has 0 aromatic carbocycles. The lowest BCUT2D eigenvalue weighted by Crippen LogP contribution is -2.61. The first kappa shape index (κ1) is 14.0. The van der Waals surface area contributed by atoms with E-state index in [1.54, 1.807) is 0 Å². The predicted molar refractivity (Wildman–Crippen MR) is 79.5 cm³/mol. The van der Waals surface area contributed by atoms with Crippen LogP contribution in [0.2, 0.25) is 0 Å². The second kappa shape index (κ2) is 4.81. The highest BCUT2D eigenvalue weighted by Gasteiger charge is 2.47. The van der Waals surface area contributed by atoms with Gasteiger partial charge >= 0.3 is 0 Å². The standard InChI is InChI=1S/C15H27N5/c1-13-17-16-12-20(13)6-5-19-10-14(2)7-15(3,11-19)9-18(4)8-14/h12H,5-11H2,1-4H3. The topological polar surface area (TPSA) is 37.2 Å². The molecule has 2 saturated heterocycles. The Morgan fingerprint density at radius 3 is 2.30 bits per heavy atom. The Labute approximate surface area is 122 Å². The van der Waals surface area contributed by atoms with Crippen molar-refractivity contribution in [1.29, 1.82) is 0 Å². The number of fused-ring (bicyclic) bond motifs is 2. The average molecular weight is 277 g/mol. The molecule has 2 aliphatic heterocycles. The Morgan fingerprint density at radius 2 is 1.75 bits per heavy atom. The summed E-state index contributed by atoms with van der Waals surface area (Å²) in [4.78, 5) is 5.17. The molecule has 3 heterocycles. The monoisotopic (exact) mass is 277 g/mol. The summed E-state index contributed by atoms with van der Waals surface area (Å²) in [6.07, 6.45) is 3.21. The SMILES string of the molecule is Cc1nncn1CCN1CC2(C)CN(C)CC(C)(C1)C2. The number of nitrogens with zero attached hydrogens (tertiary/aromatic N) is 5. The van der Waals surface area contributed by atoms with Crippen LogP contribution in [0.1, 0.15) is 26.1 Å². The molecule has 1 aromatic heterocycles. The van der Waals surface area contributed by atoms with Crippen LogP contribution in [-0.2, 0) is 6.54 Å². The second-order valence-electron chi connectivity index (χ2n) is 7.75. The number of aryl methyl sites for hydroxylation is 1.